The maximum atomic E-state index is 11.3. The Bertz CT molecular complexity index is 513. The van der Waals surface area contributed by atoms with E-state index in [1.807, 2.05) is 11.3 Å². The average Bonchev–Trinajstić information content (AvgIpc) is 2.70. The minimum atomic E-state index is -3.10. The molecule has 1 unspecified atom stereocenters. The Balaban J connectivity index is 1.95. The van der Waals surface area contributed by atoms with Crippen LogP contribution in [0, 0.1) is 2.88 Å². The molecule has 0 fully saturated rings. The third-order valence-electron chi connectivity index (χ3n) is 3.16. The third kappa shape index (κ3) is 3.66. The first kappa shape index (κ1) is 14.7. The fourth-order valence-corrected chi connectivity index (χ4v) is 4.91. The van der Waals surface area contributed by atoms with Crippen molar-refractivity contribution >= 4 is 44.0 Å². The minimum absolute atomic E-state index is 0.135. The molecule has 18 heavy (non-hydrogen) atoms. The highest BCUT2D eigenvalue weighted by molar-refractivity contribution is 14.1. The first-order chi connectivity index (χ1) is 8.52. The molecular formula is C11H17IN2O2S2. The van der Waals surface area contributed by atoms with Gasteiger partial charge in [0, 0.05) is 17.5 Å². The molecule has 0 aromatic carbocycles. The predicted octanol–water partition coefficient (Wildman–Crippen LogP) is 1.87. The summed E-state index contributed by atoms with van der Waals surface area (Å²) in [5, 5.41) is 3.37. The average molecular weight is 400 g/mol. The summed E-state index contributed by atoms with van der Waals surface area (Å²) in [5.41, 5.74) is 1.37. The zero-order chi connectivity index (χ0) is 13.2. The summed E-state index contributed by atoms with van der Waals surface area (Å²) in [7, 11) is -1.65. The van der Waals surface area contributed by atoms with E-state index in [1.165, 1.54) is 26.8 Å². The molecule has 1 atom stereocenters. The number of aryl methyl sites for hydroxylation is 1. The molecule has 0 saturated heterocycles. The Labute approximate surface area is 126 Å². The lowest BCUT2D eigenvalue weighted by Crippen LogP contribution is -2.32. The Morgan fingerprint density at radius 1 is 1.56 bits per heavy atom. The van der Waals surface area contributed by atoms with Gasteiger partial charge in [-0.2, -0.15) is 0 Å². The molecule has 4 nitrogen and oxygen atoms in total. The normalized spacial score (nSPS) is 19.8. The molecule has 1 aromatic rings. The van der Waals surface area contributed by atoms with Crippen molar-refractivity contribution in [3.05, 3.63) is 19.4 Å². The van der Waals surface area contributed by atoms with Crippen molar-refractivity contribution in [1.29, 1.82) is 0 Å². The second kappa shape index (κ2) is 6.17. The Kier molecular flexibility index (Phi) is 5.04. The van der Waals surface area contributed by atoms with Crippen LogP contribution >= 0.6 is 33.9 Å². The van der Waals surface area contributed by atoms with Crippen molar-refractivity contribution in [2.75, 3.05) is 19.3 Å². The molecule has 0 bridgehead atoms. The third-order valence-corrected chi connectivity index (χ3v) is 6.49. The van der Waals surface area contributed by atoms with Crippen LogP contribution in [0.4, 0.5) is 0 Å². The molecule has 0 saturated carbocycles. The molecule has 1 aromatic heterocycles. The van der Waals surface area contributed by atoms with Gasteiger partial charge in [-0.1, -0.05) is 0 Å². The highest BCUT2D eigenvalue weighted by atomic mass is 127. The molecule has 0 aliphatic heterocycles. The van der Waals surface area contributed by atoms with Crippen molar-refractivity contribution in [1.82, 2.24) is 10.0 Å². The largest absolute Gasteiger partial charge is 0.309 e. The Hall–Kier alpha value is 0.300. The van der Waals surface area contributed by atoms with Gasteiger partial charge in [0.05, 0.1) is 8.64 Å². The van der Waals surface area contributed by atoms with Gasteiger partial charge in [0.15, 0.2) is 0 Å². The first-order valence-electron chi connectivity index (χ1n) is 5.94. The van der Waals surface area contributed by atoms with E-state index in [-0.39, 0.29) is 5.75 Å². The summed E-state index contributed by atoms with van der Waals surface area (Å²) in [6, 6.07) is 2.55. The number of fused-ring (bicyclic) bond motifs is 1. The molecule has 1 heterocycles. The number of sulfonamides is 1. The van der Waals surface area contributed by atoms with Gasteiger partial charge in [-0.15, -0.1) is 11.3 Å². The molecule has 0 radical (unpaired) electrons. The zero-order valence-electron chi connectivity index (χ0n) is 10.2. The molecule has 2 N–H and O–H groups in total. The Morgan fingerprint density at radius 3 is 3.06 bits per heavy atom. The van der Waals surface area contributed by atoms with E-state index in [4.69, 9.17) is 0 Å². The number of nitrogens with one attached hydrogen (secondary N) is 2. The van der Waals surface area contributed by atoms with Crippen LogP contribution in [-0.4, -0.2) is 27.8 Å². The molecule has 1 aliphatic carbocycles. The van der Waals surface area contributed by atoms with E-state index in [2.05, 4.69) is 38.7 Å². The number of thiophene rings is 1. The van der Waals surface area contributed by atoms with E-state index >= 15 is 0 Å². The maximum Gasteiger partial charge on any atom is 0.212 e. The lowest BCUT2D eigenvalue weighted by Gasteiger charge is -2.23. The molecule has 1 aliphatic rings. The van der Waals surface area contributed by atoms with Gasteiger partial charge < -0.3 is 5.32 Å². The van der Waals surface area contributed by atoms with Crippen LogP contribution in [0.3, 0.4) is 0 Å². The van der Waals surface area contributed by atoms with Crippen molar-refractivity contribution in [3.63, 3.8) is 0 Å². The fraction of sp³-hybridized carbons (Fsp3) is 0.636. The van der Waals surface area contributed by atoms with E-state index in [1.54, 1.807) is 0 Å². The summed E-state index contributed by atoms with van der Waals surface area (Å²) in [6.07, 6.45) is 3.44. The fourth-order valence-electron chi connectivity index (χ4n) is 2.20. The van der Waals surface area contributed by atoms with Gasteiger partial charge in [-0.05, 0) is 60.5 Å². The lowest BCUT2D eigenvalue weighted by atomic mass is 9.94. The lowest BCUT2D eigenvalue weighted by molar-refractivity contribution is 0.474. The van der Waals surface area contributed by atoms with Crippen molar-refractivity contribution < 1.29 is 8.42 Å². The van der Waals surface area contributed by atoms with E-state index in [0.717, 1.165) is 12.8 Å². The number of hydrogen-bond donors (Lipinski definition) is 2. The van der Waals surface area contributed by atoms with Crippen LogP contribution in [0.15, 0.2) is 6.07 Å². The predicted molar refractivity (Wildman–Crippen MR) is 83.6 cm³/mol. The molecular weight excluding hydrogens is 383 g/mol. The monoisotopic (exact) mass is 400 g/mol. The van der Waals surface area contributed by atoms with E-state index in [0.29, 0.717) is 12.6 Å². The number of hydrogen-bond acceptors (Lipinski definition) is 4. The van der Waals surface area contributed by atoms with Crippen LogP contribution in [0.2, 0.25) is 0 Å². The molecule has 102 valence electrons. The molecule has 0 spiro atoms. The highest BCUT2D eigenvalue weighted by Gasteiger charge is 2.22. The maximum absolute atomic E-state index is 11.3. The van der Waals surface area contributed by atoms with Gasteiger partial charge in [0.1, 0.15) is 0 Å². The minimum Gasteiger partial charge on any atom is -0.309 e. The summed E-state index contributed by atoms with van der Waals surface area (Å²) in [6.45, 7) is 0.500. The van der Waals surface area contributed by atoms with Crippen LogP contribution in [0.1, 0.15) is 29.3 Å². The van der Waals surface area contributed by atoms with Gasteiger partial charge in [-0.25, -0.2) is 13.1 Å². The standard InChI is InChI=1S/C11H17IN2O2S2/c1-13-18(15,16)6-5-14-9-3-2-4-10-8(9)7-11(12)17-10/h7,9,13-14H,2-6H2,1H3. The van der Waals surface area contributed by atoms with Gasteiger partial charge in [0.2, 0.25) is 10.0 Å². The molecule has 7 heteroatoms. The van der Waals surface area contributed by atoms with Crippen LogP contribution in [0.5, 0.6) is 0 Å². The smallest absolute Gasteiger partial charge is 0.212 e. The van der Waals surface area contributed by atoms with Gasteiger partial charge >= 0.3 is 0 Å². The van der Waals surface area contributed by atoms with Crippen molar-refractivity contribution in [2.45, 2.75) is 25.3 Å². The first-order valence-corrected chi connectivity index (χ1v) is 9.49. The second-order valence-electron chi connectivity index (χ2n) is 4.35. The summed E-state index contributed by atoms with van der Waals surface area (Å²) >= 11 is 4.21. The topological polar surface area (TPSA) is 58.2 Å². The number of rotatable bonds is 5. The van der Waals surface area contributed by atoms with E-state index in [9.17, 15) is 8.42 Å². The van der Waals surface area contributed by atoms with Crippen LogP contribution < -0.4 is 10.0 Å². The highest BCUT2D eigenvalue weighted by Crippen LogP contribution is 2.36. The second-order valence-corrected chi connectivity index (χ2v) is 9.43. The quantitative estimate of drug-likeness (QED) is 0.743. The molecule has 0 amide bonds. The summed E-state index contributed by atoms with van der Waals surface area (Å²) in [5.74, 6) is 0.135. The van der Waals surface area contributed by atoms with Crippen LogP contribution in [0.25, 0.3) is 0 Å². The number of halogens is 1. The van der Waals surface area contributed by atoms with Crippen molar-refractivity contribution in [3.8, 4) is 0 Å². The van der Waals surface area contributed by atoms with Crippen molar-refractivity contribution in [2.24, 2.45) is 0 Å². The SMILES string of the molecule is CNS(=O)(=O)CCNC1CCCc2sc(I)cc21. The van der Waals surface area contributed by atoms with Gasteiger partial charge in [0.25, 0.3) is 0 Å². The molecule has 2 rings (SSSR count). The zero-order valence-corrected chi connectivity index (χ0v) is 14.0. The summed E-state index contributed by atoms with van der Waals surface area (Å²) in [4.78, 5) is 1.46. The van der Waals surface area contributed by atoms with Crippen LogP contribution in [-0.2, 0) is 16.4 Å². The Morgan fingerprint density at radius 2 is 2.33 bits per heavy atom. The summed E-state index contributed by atoms with van der Waals surface area (Å²) < 4.78 is 26.3. The van der Waals surface area contributed by atoms with E-state index < -0.39 is 10.0 Å². The van der Waals surface area contributed by atoms with Gasteiger partial charge in [-0.3, -0.25) is 0 Å².